The second kappa shape index (κ2) is 8.04. The van der Waals surface area contributed by atoms with Crippen LogP contribution in [0.1, 0.15) is 26.2 Å². The van der Waals surface area contributed by atoms with E-state index in [1.807, 2.05) is 7.05 Å². The van der Waals surface area contributed by atoms with Gasteiger partial charge in [0, 0.05) is 6.54 Å². The smallest absolute Gasteiger partial charge is 0.00187 e. The molecule has 0 radical (unpaired) electrons. The van der Waals surface area contributed by atoms with Crippen molar-refractivity contribution in [2.45, 2.75) is 26.2 Å². The van der Waals surface area contributed by atoms with Gasteiger partial charge in [-0.3, -0.25) is 0 Å². The van der Waals surface area contributed by atoms with Crippen LogP contribution in [0.2, 0.25) is 0 Å². The first kappa shape index (κ1) is 13.9. The molecule has 2 atom stereocenters. The fourth-order valence-electron chi connectivity index (χ4n) is 2.58. The Hall–Kier alpha value is -0.120. The molecular weight excluding hydrogens is 198 g/mol. The maximum atomic E-state index is 3.64. The maximum absolute atomic E-state index is 3.64. The van der Waals surface area contributed by atoms with E-state index >= 15 is 0 Å². The van der Waals surface area contributed by atoms with Crippen molar-refractivity contribution in [2.75, 3.05) is 46.8 Å². The first-order valence-corrected chi connectivity index (χ1v) is 6.80. The van der Waals surface area contributed by atoms with Crippen LogP contribution in [0.4, 0.5) is 0 Å². The lowest BCUT2D eigenvalue weighted by Gasteiger charge is -2.30. The molecule has 0 aromatic rings. The van der Waals surface area contributed by atoms with Crippen LogP contribution in [-0.4, -0.2) is 51.7 Å². The second-order valence-electron chi connectivity index (χ2n) is 5.26. The van der Waals surface area contributed by atoms with Gasteiger partial charge in [0.25, 0.3) is 0 Å². The van der Waals surface area contributed by atoms with Gasteiger partial charge in [0.05, 0.1) is 0 Å². The van der Waals surface area contributed by atoms with E-state index in [0.717, 1.165) is 24.9 Å². The number of hydrogen-bond donors (Lipinski definition) is 2. The summed E-state index contributed by atoms with van der Waals surface area (Å²) in [6.45, 7) is 8.33. The largest absolute Gasteiger partial charge is 0.319 e. The fraction of sp³-hybridized carbons (Fsp3) is 1.00. The topological polar surface area (TPSA) is 27.3 Å². The molecule has 16 heavy (non-hydrogen) atoms. The summed E-state index contributed by atoms with van der Waals surface area (Å²) in [5.41, 5.74) is 0. The molecule has 0 spiro atoms. The Labute approximate surface area is 101 Å². The van der Waals surface area contributed by atoms with E-state index in [1.54, 1.807) is 0 Å². The van der Waals surface area contributed by atoms with Crippen LogP contribution in [0, 0.1) is 11.8 Å². The van der Waals surface area contributed by atoms with Gasteiger partial charge in [-0.15, -0.1) is 0 Å². The van der Waals surface area contributed by atoms with Crippen LogP contribution in [0.25, 0.3) is 0 Å². The molecule has 1 rings (SSSR count). The van der Waals surface area contributed by atoms with Crippen molar-refractivity contribution < 1.29 is 0 Å². The lowest BCUT2D eigenvalue weighted by molar-refractivity contribution is 0.204. The Morgan fingerprint density at radius 2 is 2.19 bits per heavy atom. The van der Waals surface area contributed by atoms with Gasteiger partial charge in [0.1, 0.15) is 0 Å². The van der Waals surface area contributed by atoms with Crippen molar-refractivity contribution in [1.82, 2.24) is 15.5 Å². The molecule has 0 aliphatic carbocycles. The molecule has 0 bridgehead atoms. The fourth-order valence-corrected chi connectivity index (χ4v) is 2.58. The lowest BCUT2D eigenvalue weighted by Crippen LogP contribution is -2.39. The minimum Gasteiger partial charge on any atom is -0.319 e. The monoisotopic (exact) mass is 227 g/mol. The van der Waals surface area contributed by atoms with E-state index in [1.165, 1.54) is 38.9 Å². The zero-order chi connectivity index (χ0) is 11.8. The first-order chi connectivity index (χ1) is 7.76. The van der Waals surface area contributed by atoms with Crippen LogP contribution in [0.15, 0.2) is 0 Å². The van der Waals surface area contributed by atoms with Gasteiger partial charge in [0.15, 0.2) is 0 Å². The highest BCUT2D eigenvalue weighted by Gasteiger charge is 2.16. The quantitative estimate of drug-likeness (QED) is 0.683. The summed E-state index contributed by atoms with van der Waals surface area (Å²) in [5, 5.41) is 6.91. The van der Waals surface area contributed by atoms with Crippen molar-refractivity contribution in [3.8, 4) is 0 Å². The van der Waals surface area contributed by atoms with Crippen LogP contribution >= 0.6 is 0 Å². The number of likely N-dealkylation sites (tertiary alicyclic amines) is 1. The summed E-state index contributed by atoms with van der Waals surface area (Å²) in [6.07, 6.45) is 4.04. The summed E-state index contributed by atoms with van der Waals surface area (Å²) in [5.74, 6) is 1.65. The SMILES string of the molecule is CCC(CNC)CNCC1CCCN(C)C1. The third-order valence-corrected chi connectivity index (χ3v) is 3.66. The summed E-state index contributed by atoms with van der Waals surface area (Å²) in [7, 11) is 4.28. The van der Waals surface area contributed by atoms with E-state index in [0.29, 0.717) is 0 Å². The standard InChI is InChI=1S/C13H29N3/c1-4-12(8-14-2)9-15-10-13-6-5-7-16(3)11-13/h12-15H,4-11H2,1-3H3. The zero-order valence-electron chi connectivity index (χ0n) is 11.3. The van der Waals surface area contributed by atoms with Crippen LogP contribution in [0.5, 0.6) is 0 Å². The average Bonchev–Trinajstić information content (AvgIpc) is 2.28. The van der Waals surface area contributed by atoms with Crippen molar-refractivity contribution in [2.24, 2.45) is 11.8 Å². The highest BCUT2D eigenvalue weighted by atomic mass is 15.1. The Morgan fingerprint density at radius 1 is 1.38 bits per heavy atom. The van der Waals surface area contributed by atoms with Gasteiger partial charge in [0.2, 0.25) is 0 Å². The molecule has 0 aromatic heterocycles. The number of nitrogens with zero attached hydrogens (tertiary/aromatic N) is 1. The number of piperidine rings is 1. The van der Waals surface area contributed by atoms with Crippen molar-refractivity contribution in [3.63, 3.8) is 0 Å². The third-order valence-electron chi connectivity index (χ3n) is 3.66. The van der Waals surface area contributed by atoms with Crippen molar-refractivity contribution in [1.29, 1.82) is 0 Å². The molecule has 1 aliphatic heterocycles. The van der Waals surface area contributed by atoms with Crippen LogP contribution in [-0.2, 0) is 0 Å². The highest BCUT2D eigenvalue weighted by molar-refractivity contribution is 4.73. The zero-order valence-corrected chi connectivity index (χ0v) is 11.3. The van der Waals surface area contributed by atoms with Gasteiger partial charge in [-0.05, 0) is 65.0 Å². The Morgan fingerprint density at radius 3 is 2.81 bits per heavy atom. The molecule has 0 saturated carbocycles. The van der Waals surface area contributed by atoms with E-state index in [-0.39, 0.29) is 0 Å². The predicted octanol–water partition coefficient (Wildman–Crippen LogP) is 1.16. The Balaban J connectivity index is 2.09. The van der Waals surface area contributed by atoms with E-state index in [2.05, 4.69) is 29.5 Å². The van der Waals surface area contributed by atoms with Gasteiger partial charge >= 0.3 is 0 Å². The van der Waals surface area contributed by atoms with Gasteiger partial charge in [-0.2, -0.15) is 0 Å². The molecule has 3 heteroatoms. The van der Waals surface area contributed by atoms with Crippen molar-refractivity contribution in [3.05, 3.63) is 0 Å². The van der Waals surface area contributed by atoms with E-state index < -0.39 is 0 Å². The average molecular weight is 227 g/mol. The van der Waals surface area contributed by atoms with Crippen LogP contribution < -0.4 is 10.6 Å². The summed E-state index contributed by atoms with van der Waals surface area (Å²) in [6, 6.07) is 0. The molecule has 1 heterocycles. The normalized spacial score (nSPS) is 24.6. The summed E-state index contributed by atoms with van der Waals surface area (Å²) >= 11 is 0. The second-order valence-corrected chi connectivity index (χ2v) is 5.26. The van der Waals surface area contributed by atoms with Gasteiger partial charge < -0.3 is 15.5 Å². The molecule has 3 nitrogen and oxygen atoms in total. The molecule has 96 valence electrons. The molecular formula is C13H29N3. The maximum Gasteiger partial charge on any atom is 0.00187 e. The molecule has 1 aliphatic rings. The number of hydrogen-bond acceptors (Lipinski definition) is 3. The summed E-state index contributed by atoms with van der Waals surface area (Å²) < 4.78 is 0. The van der Waals surface area contributed by atoms with Gasteiger partial charge in [-0.25, -0.2) is 0 Å². The van der Waals surface area contributed by atoms with E-state index in [9.17, 15) is 0 Å². The molecule has 1 saturated heterocycles. The molecule has 0 amide bonds. The highest BCUT2D eigenvalue weighted by Crippen LogP contribution is 2.13. The predicted molar refractivity (Wildman–Crippen MR) is 70.8 cm³/mol. The number of rotatable bonds is 7. The molecule has 0 aromatic carbocycles. The van der Waals surface area contributed by atoms with Gasteiger partial charge in [-0.1, -0.05) is 13.3 Å². The lowest BCUT2D eigenvalue weighted by atomic mass is 9.98. The number of nitrogens with one attached hydrogen (secondary N) is 2. The van der Waals surface area contributed by atoms with E-state index in [4.69, 9.17) is 0 Å². The summed E-state index contributed by atoms with van der Waals surface area (Å²) in [4.78, 5) is 2.46. The third kappa shape index (κ3) is 5.28. The molecule has 2 N–H and O–H groups in total. The van der Waals surface area contributed by atoms with Crippen molar-refractivity contribution >= 4 is 0 Å². The molecule has 2 unspecified atom stereocenters. The molecule has 1 fully saturated rings. The minimum atomic E-state index is 0.784. The first-order valence-electron chi connectivity index (χ1n) is 6.80. The minimum absolute atomic E-state index is 0.784. The van der Waals surface area contributed by atoms with Crippen LogP contribution in [0.3, 0.4) is 0 Å². The Kier molecular flexibility index (Phi) is 7.01. The Bertz CT molecular complexity index is 173.